The molecule has 1 amide bonds. The molecule has 1 spiro atoms. The van der Waals surface area contributed by atoms with Gasteiger partial charge in [-0.3, -0.25) is 9.69 Å². The van der Waals surface area contributed by atoms with E-state index in [9.17, 15) is 4.79 Å². The number of thioether (sulfide) groups is 1. The number of hydrogen-bond acceptors (Lipinski definition) is 3. The first kappa shape index (κ1) is 15.7. The number of para-hydroxylation sites is 1. The van der Waals surface area contributed by atoms with Crippen molar-refractivity contribution in [2.24, 2.45) is 0 Å². The van der Waals surface area contributed by atoms with Gasteiger partial charge in [0.05, 0.1) is 10.8 Å². The number of amides is 1. The van der Waals surface area contributed by atoms with Gasteiger partial charge < -0.3 is 5.32 Å². The minimum Gasteiger partial charge on any atom is -0.315 e. The van der Waals surface area contributed by atoms with Crippen molar-refractivity contribution in [1.82, 2.24) is 5.32 Å². The molecule has 0 saturated carbocycles. The SMILES string of the molecule is CSC(C)N1C(=O)C2(CCCNC2)c2ccccc21.Cl. The summed E-state index contributed by atoms with van der Waals surface area (Å²) in [6.45, 7) is 3.91. The molecule has 20 heavy (non-hydrogen) atoms. The molecule has 1 fully saturated rings. The van der Waals surface area contributed by atoms with Crippen LogP contribution in [-0.4, -0.2) is 30.6 Å². The van der Waals surface area contributed by atoms with Crippen LogP contribution >= 0.6 is 24.2 Å². The van der Waals surface area contributed by atoms with Crippen molar-refractivity contribution >= 4 is 35.8 Å². The van der Waals surface area contributed by atoms with Gasteiger partial charge >= 0.3 is 0 Å². The highest BCUT2D eigenvalue weighted by atomic mass is 35.5. The fraction of sp³-hybridized carbons (Fsp3) is 0.533. The number of anilines is 1. The van der Waals surface area contributed by atoms with Gasteiger partial charge in [-0.15, -0.1) is 24.2 Å². The lowest BCUT2D eigenvalue weighted by atomic mass is 9.76. The molecule has 0 aromatic heterocycles. The van der Waals surface area contributed by atoms with Gasteiger partial charge in [-0.1, -0.05) is 18.2 Å². The van der Waals surface area contributed by atoms with Crippen molar-refractivity contribution in [2.75, 3.05) is 24.2 Å². The molecule has 1 aromatic carbocycles. The number of carbonyl (C=O) groups excluding carboxylic acids is 1. The quantitative estimate of drug-likeness (QED) is 0.911. The highest BCUT2D eigenvalue weighted by Crippen LogP contribution is 2.47. The molecule has 2 aliphatic rings. The first-order valence-electron chi connectivity index (χ1n) is 6.87. The number of hydrogen-bond donors (Lipinski definition) is 1. The van der Waals surface area contributed by atoms with Gasteiger partial charge in [-0.2, -0.15) is 0 Å². The third kappa shape index (κ3) is 2.14. The van der Waals surface area contributed by atoms with Crippen LogP contribution < -0.4 is 10.2 Å². The van der Waals surface area contributed by atoms with E-state index >= 15 is 0 Å². The Morgan fingerprint density at radius 2 is 2.15 bits per heavy atom. The van der Waals surface area contributed by atoms with Gasteiger partial charge in [0, 0.05) is 12.2 Å². The van der Waals surface area contributed by atoms with E-state index < -0.39 is 0 Å². The first-order valence-corrected chi connectivity index (χ1v) is 8.16. The van der Waals surface area contributed by atoms with Crippen LogP contribution in [0.15, 0.2) is 24.3 Å². The monoisotopic (exact) mass is 312 g/mol. The zero-order valence-electron chi connectivity index (χ0n) is 11.9. The highest BCUT2D eigenvalue weighted by molar-refractivity contribution is 7.99. The summed E-state index contributed by atoms with van der Waals surface area (Å²) in [6, 6.07) is 8.30. The fourth-order valence-corrected chi connectivity index (χ4v) is 3.75. The van der Waals surface area contributed by atoms with Gasteiger partial charge in [0.1, 0.15) is 0 Å². The molecule has 0 bridgehead atoms. The molecule has 5 heteroatoms. The lowest BCUT2D eigenvalue weighted by Crippen LogP contribution is -2.51. The predicted octanol–water partition coefficient (Wildman–Crippen LogP) is 2.79. The number of piperidine rings is 1. The molecule has 2 atom stereocenters. The molecular weight excluding hydrogens is 292 g/mol. The minimum absolute atomic E-state index is 0. The van der Waals surface area contributed by atoms with Crippen LogP contribution in [0.25, 0.3) is 0 Å². The molecular formula is C15H21ClN2OS. The van der Waals surface area contributed by atoms with E-state index in [4.69, 9.17) is 0 Å². The Hall–Kier alpha value is -0.710. The van der Waals surface area contributed by atoms with Crippen LogP contribution in [0.4, 0.5) is 5.69 Å². The van der Waals surface area contributed by atoms with Crippen LogP contribution in [0.2, 0.25) is 0 Å². The summed E-state index contributed by atoms with van der Waals surface area (Å²) >= 11 is 1.72. The summed E-state index contributed by atoms with van der Waals surface area (Å²) < 4.78 is 0. The summed E-state index contributed by atoms with van der Waals surface area (Å²) in [5.41, 5.74) is 2.00. The van der Waals surface area contributed by atoms with E-state index in [-0.39, 0.29) is 29.1 Å². The predicted molar refractivity (Wildman–Crippen MR) is 87.9 cm³/mol. The van der Waals surface area contributed by atoms with E-state index in [2.05, 4.69) is 36.7 Å². The molecule has 1 N–H and O–H groups in total. The number of fused-ring (bicyclic) bond motifs is 2. The summed E-state index contributed by atoms with van der Waals surface area (Å²) in [7, 11) is 0. The van der Waals surface area contributed by atoms with Crippen molar-refractivity contribution in [1.29, 1.82) is 0 Å². The van der Waals surface area contributed by atoms with Crippen molar-refractivity contribution in [3.8, 4) is 0 Å². The zero-order chi connectivity index (χ0) is 13.5. The van der Waals surface area contributed by atoms with Crippen molar-refractivity contribution in [3.05, 3.63) is 29.8 Å². The maximum atomic E-state index is 13.0. The summed E-state index contributed by atoms with van der Waals surface area (Å²) in [6.07, 6.45) is 4.10. The zero-order valence-corrected chi connectivity index (χ0v) is 13.5. The van der Waals surface area contributed by atoms with Gasteiger partial charge in [0.2, 0.25) is 5.91 Å². The largest absolute Gasteiger partial charge is 0.315 e. The van der Waals surface area contributed by atoms with E-state index in [1.54, 1.807) is 11.8 Å². The number of halogens is 1. The summed E-state index contributed by atoms with van der Waals surface area (Å²) in [4.78, 5) is 15.0. The minimum atomic E-state index is -0.321. The molecule has 2 heterocycles. The average molecular weight is 313 g/mol. The topological polar surface area (TPSA) is 32.3 Å². The second-order valence-electron chi connectivity index (χ2n) is 5.39. The molecule has 1 saturated heterocycles. The fourth-order valence-electron chi connectivity index (χ4n) is 3.33. The number of benzene rings is 1. The molecule has 1 aromatic rings. The normalized spacial score (nSPS) is 26.3. The summed E-state index contributed by atoms with van der Waals surface area (Å²) in [5, 5.41) is 3.60. The lowest BCUT2D eigenvalue weighted by molar-refractivity contribution is -0.123. The van der Waals surface area contributed by atoms with Crippen LogP contribution in [0.1, 0.15) is 25.3 Å². The highest BCUT2D eigenvalue weighted by Gasteiger charge is 2.51. The maximum absolute atomic E-state index is 13.0. The van der Waals surface area contributed by atoms with Crippen LogP contribution in [-0.2, 0) is 10.2 Å². The van der Waals surface area contributed by atoms with Crippen molar-refractivity contribution in [3.63, 3.8) is 0 Å². The maximum Gasteiger partial charge on any atom is 0.239 e. The Morgan fingerprint density at radius 3 is 2.80 bits per heavy atom. The van der Waals surface area contributed by atoms with Crippen molar-refractivity contribution in [2.45, 2.75) is 30.6 Å². The van der Waals surface area contributed by atoms with Crippen LogP contribution in [0, 0.1) is 0 Å². The van der Waals surface area contributed by atoms with Gasteiger partial charge in [0.25, 0.3) is 0 Å². The second kappa shape index (κ2) is 5.96. The van der Waals surface area contributed by atoms with E-state index in [1.165, 1.54) is 5.56 Å². The second-order valence-corrected chi connectivity index (χ2v) is 6.54. The third-order valence-corrected chi connectivity index (χ3v) is 5.29. The van der Waals surface area contributed by atoms with Gasteiger partial charge in [-0.05, 0) is 44.2 Å². The molecule has 2 aliphatic heterocycles. The lowest BCUT2D eigenvalue weighted by Gasteiger charge is -2.34. The number of carbonyl (C=O) groups is 1. The molecule has 0 radical (unpaired) electrons. The Balaban J connectivity index is 0.00000147. The van der Waals surface area contributed by atoms with Crippen LogP contribution in [0.3, 0.4) is 0 Å². The smallest absolute Gasteiger partial charge is 0.239 e. The average Bonchev–Trinajstić information content (AvgIpc) is 2.70. The van der Waals surface area contributed by atoms with E-state index in [0.717, 1.165) is 31.6 Å². The van der Waals surface area contributed by atoms with Crippen molar-refractivity contribution < 1.29 is 4.79 Å². The Kier molecular flexibility index (Phi) is 4.67. The Bertz CT molecular complexity index is 502. The molecule has 2 unspecified atom stereocenters. The Labute approximate surface area is 130 Å². The molecule has 3 nitrogen and oxygen atoms in total. The van der Waals surface area contributed by atoms with E-state index in [0.29, 0.717) is 0 Å². The van der Waals surface area contributed by atoms with Gasteiger partial charge in [-0.25, -0.2) is 0 Å². The molecule has 110 valence electrons. The summed E-state index contributed by atoms with van der Waals surface area (Å²) in [5.74, 6) is 0.280. The van der Waals surface area contributed by atoms with E-state index in [1.807, 2.05) is 11.0 Å². The molecule has 0 aliphatic carbocycles. The van der Waals surface area contributed by atoms with Gasteiger partial charge in [0.15, 0.2) is 0 Å². The molecule has 3 rings (SSSR count). The third-order valence-electron chi connectivity index (χ3n) is 4.40. The standard InChI is InChI=1S/C15H20N2OS.ClH/c1-11(19-2)17-13-7-4-3-6-12(13)15(14(17)18)8-5-9-16-10-15;/h3-4,6-7,11,16H,5,8-10H2,1-2H3;1H. The van der Waals surface area contributed by atoms with Crippen LogP contribution in [0.5, 0.6) is 0 Å². The first-order chi connectivity index (χ1) is 9.20. The number of rotatable bonds is 2. The number of nitrogens with one attached hydrogen (secondary N) is 1. The number of nitrogens with zero attached hydrogens (tertiary/aromatic N) is 1. The Morgan fingerprint density at radius 1 is 1.40 bits per heavy atom.